The van der Waals surface area contributed by atoms with Gasteiger partial charge in [0.25, 0.3) is 11.7 Å². The van der Waals surface area contributed by atoms with Gasteiger partial charge in [-0.2, -0.15) is 0 Å². The molecule has 4 aromatic rings. The smallest absolute Gasteiger partial charge is 0.300 e. The number of aliphatic hydroxyl groups is 1. The minimum Gasteiger partial charge on any atom is -0.507 e. The number of halogens is 1. The number of amides is 1. The van der Waals surface area contributed by atoms with Crippen LogP contribution in [-0.4, -0.2) is 23.9 Å². The lowest BCUT2D eigenvalue weighted by Gasteiger charge is -2.26. The summed E-state index contributed by atoms with van der Waals surface area (Å²) in [7, 11) is 1.49. The number of methoxy groups -OCH3 is 1. The summed E-state index contributed by atoms with van der Waals surface area (Å²) in [6.07, 6.45) is 0. The molecule has 0 bridgehead atoms. The molecule has 4 aromatic carbocycles. The van der Waals surface area contributed by atoms with Crippen LogP contribution in [-0.2, 0) is 9.59 Å². The number of anilines is 1. The van der Waals surface area contributed by atoms with E-state index in [9.17, 15) is 19.1 Å². The molecule has 1 heterocycles. The molecule has 0 saturated carbocycles. The number of benzene rings is 4. The molecule has 7 heteroatoms. The zero-order valence-corrected chi connectivity index (χ0v) is 19.8. The molecule has 1 fully saturated rings. The lowest BCUT2D eigenvalue weighted by Crippen LogP contribution is -2.29. The van der Waals surface area contributed by atoms with E-state index in [1.807, 2.05) is 18.2 Å². The second-order valence-corrected chi connectivity index (χ2v) is 8.37. The van der Waals surface area contributed by atoms with Crippen molar-refractivity contribution in [2.75, 3.05) is 12.0 Å². The van der Waals surface area contributed by atoms with Gasteiger partial charge in [-0.15, -0.1) is 0 Å². The van der Waals surface area contributed by atoms with E-state index in [0.717, 1.165) is 0 Å². The summed E-state index contributed by atoms with van der Waals surface area (Å²) in [6.45, 7) is 0. The predicted octanol–water partition coefficient (Wildman–Crippen LogP) is 6.25. The van der Waals surface area contributed by atoms with Gasteiger partial charge in [-0.3, -0.25) is 14.5 Å². The van der Waals surface area contributed by atoms with Gasteiger partial charge in [-0.1, -0.05) is 48.5 Å². The summed E-state index contributed by atoms with van der Waals surface area (Å²) >= 11 is 0. The molecule has 0 spiro atoms. The molecule has 1 aliphatic rings. The van der Waals surface area contributed by atoms with Crippen molar-refractivity contribution in [1.29, 1.82) is 0 Å². The zero-order chi connectivity index (χ0) is 25.9. The Kier molecular flexibility index (Phi) is 6.43. The van der Waals surface area contributed by atoms with E-state index in [4.69, 9.17) is 9.47 Å². The van der Waals surface area contributed by atoms with Crippen LogP contribution in [0.4, 0.5) is 10.1 Å². The van der Waals surface area contributed by atoms with Crippen molar-refractivity contribution in [3.63, 3.8) is 0 Å². The van der Waals surface area contributed by atoms with Crippen LogP contribution in [0.15, 0.2) is 109 Å². The third kappa shape index (κ3) is 4.67. The molecule has 0 radical (unpaired) electrons. The molecule has 1 N–H and O–H groups in total. The summed E-state index contributed by atoms with van der Waals surface area (Å²) < 4.78 is 25.4. The number of Topliss-reactive ketones (excluding diaryl/α,β-unsaturated/α-hetero) is 1. The van der Waals surface area contributed by atoms with E-state index >= 15 is 0 Å². The van der Waals surface area contributed by atoms with E-state index in [2.05, 4.69) is 0 Å². The van der Waals surface area contributed by atoms with Crippen molar-refractivity contribution in [2.24, 2.45) is 0 Å². The Hall–Kier alpha value is -4.91. The van der Waals surface area contributed by atoms with Crippen LogP contribution in [0, 0.1) is 5.82 Å². The molecule has 1 aliphatic heterocycles. The summed E-state index contributed by atoms with van der Waals surface area (Å²) in [4.78, 5) is 27.8. The Morgan fingerprint density at radius 2 is 1.51 bits per heavy atom. The maximum atomic E-state index is 14.2. The van der Waals surface area contributed by atoms with Crippen LogP contribution >= 0.6 is 0 Å². The Morgan fingerprint density at radius 3 is 2.27 bits per heavy atom. The van der Waals surface area contributed by atoms with Crippen LogP contribution in [0.25, 0.3) is 5.76 Å². The molecule has 5 rings (SSSR count). The fourth-order valence-electron chi connectivity index (χ4n) is 4.34. The number of hydrogen-bond donors (Lipinski definition) is 1. The maximum absolute atomic E-state index is 14.2. The third-order valence-electron chi connectivity index (χ3n) is 6.03. The van der Waals surface area contributed by atoms with Gasteiger partial charge in [0.15, 0.2) is 0 Å². The molecule has 37 heavy (non-hydrogen) atoms. The highest BCUT2D eigenvalue weighted by Crippen LogP contribution is 2.43. The van der Waals surface area contributed by atoms with Gasteiger partial charge in [0.1, 0.15) is 28.8 Å². The van der Waals surface area contributed by atoms with Gasteiger partial charge in [0.05, 0.1) is 18.7 Å². The average molecular weight is 496 g/mol. The van der Waals surface area contributed by atoms with Gasteiger partial charge in [-0.25, -0.2) is 4.39 Å². The summed E-state index contributed by atoms with van der Waals surface area (Å²) in [5.41, 5.74) is 0.866. The minimum absolute atomic E-state index is 0.126. The molecular formula is C30H22FNO5. The normalized spacial score (nSPS) is 16.6. The van der Waals surface area contributed by atoms with E-state index in [1.165, 1.54) is 36.3 Å². The molecule has 184 valence electrons. The van der Waals surface area contributed by atoms with E-state index in [1.54, 1.807) is 60.7 Å². The van der Waals surface area contributed by atoms with Crippen LogP contribution in [0.1, 0.15) is 17.2 Å². The topological polar surface area (TPSA) is 76.1 Å². The quantitative estimate of drug-likeness (QED) is 0.194. The van der Waals surface area contributed by atoms with Crippen molar-refractivity contribution in [3.05, 3.63) is 126 Å². The average Bonchev–Trinajstić information content (AvgIpc) is 3.19. The number of ketones is 1. The van der Waals surface area contributed by atoms with E-state index < -0.39 is 23.5 Å². The number of carbonyl (C=O) groups excluding carboxylic acids is 2. The number of rotatable bonds is 6. The van der Waals surface area contributed by atoms with Gasteiger partial charge in [0.2, 0.25) is 0 Å². The van der Waals surface area contributed by atoms with Crippen molar-refractivity contribution in [2.45, 2.75) is 6.04 Å². The highest BCUT2D eigenvalue weighted by atomic mass is 19.1. The van der Waals surface area contributed by atoms with E-state index in [0.29, 0.717) is 28.4 Å². The summed E-state index contributed by atoms with van der Waals surface area (Å²) in [6, 6.07) is 27.0. The maximum Gasteiger partial charge on any atom is 0.300 e. The van der Waals surface area contributed by atoms with Crippen LogP contribution in [0.5, 0.6) is 17.2 Å². The fourth-order valence-corrected chi connectivity index (χ4v) is 4.34. The number of aliphatic hydroxyl groups excluding tert-OH is 1. The third-order valence-corrected chi connectivity index (χ3v) is 6.03. The Balaban J connectivity index is 1.68. The zero-order valence-electron chi connectivity index (χ0n) is 19.8. The first-order valence-electron chi connectivity index (χ1n) is 11.5. The molecule has 1 amide bonds. The second kappa shape index (κ2) is 9.99. The van der Waals surface area contributed by atoms with Crippen LogP contribution in [0.2, 0.25) is 0 Å². The number of ether oxygens (including phenoxy) is 2. The second-order valence-electron chi connectivity index (χ2n) is 8.37. The van der Waals surface area contributed by atoms with Gasteiger partial charge >= 0.3 is 0 Å². The molecule has 0 aromatic heterocycles. The first-order chi connectivity index (χ1) is 18.0. The Morgan fingerprint density at radius 1 is 0.811 bits per heavy atom. The van der Waals surface area contributed by atoms with Crippen LogP contribution in [0.3, 0.4) is 0 Å². The lowest BCUT2D eigenvalue weighted by molar-refractivity contribution is -0.132. The van der Waals surface area contributed by atoms with Gasteiger partial charge in [-0.05, 0) is 60.2 Å². The summed E-state index contributed by atoms with van der Waals surface area (Å²) in [5.74, 6) is -1.15. The monoisotopic (exact) mass is 495 g/mol. The van der Waals surface area contributed by atoms with Gasteiger partial charge < -0.3 is 14.6 Å². The highest BCUT2D eigenvalue weighted by molar-refractivity contribution is 6.51. The Bertz CT molecular complexity index is 1520. The number of hydrogen-bond acceptors (Lipinski definition) is 5. The van der Waals surface area contributed by atoms with Gasteiger partial charge in [0, 0.05) is 11.3 Å². The fraction of sp³-hybridized carbons (Fsp3) is 0.0667. The van der Waals surface area contributed by atoms with Crippen LogP contribution < -0.4 is 14.4 Å². The first-order valence-corrected chi connectivity index (χ1v) is 11.5. The molecule has 1 atom stereocenters. The van der Waals surface area contributed by atoms with Crippen molar-refractivity contribution >= 4 is 23.1 Å². The molecular weight excluding hydrogens is 473 g/mol. The van der Waals surface area contributed by atoms with Crippen molar-refractivity contribution in [1.82, 2.24) is 0 Å². The number of nitrogens with zero attached hydrogens (tertiary/aromatic N) is 1. The SMILES string of the molecule is COc1cccc(/C(O)=C2\C(=O)C(=O)N(c3cccc(F)c3)C2c2cccc(Oc3ccccc3)c2)c1. The minimum atomic E-state index is -1.03. The standard InChI is InChI=1S/C30H22FNO5/c1-36-24-14-6-9-20(17-24)28(33)26-27(32(30(35)29(26)34)22-11-7-10-21(31)18-22)19-8-5-15-25(16-19)37-23-12-3-2-4-13-23/h2-18,27,33H,1H3/b28-26+. The Labute approximate surface area is 212 Å². The molecule has 1 unspecified atom stereocenters. The predicted molar refractivity (Wildman–Crippen MR) is 137 cm³/mol. The molecule has 1 saturated heterocycles. The van der Waals surface area contributed by atoms with Crippen molar-refractivity contribution < 1.29 is 28.6 Å². The first kappa shape index (κ1) is 23.8. The summed E-state index contributed by atoms with van der Waals surface area (Å²) in [5, 5.41) is 11.3. The number of carbonyl (C=O) groups is 2. The molecule has 6 nitrogen and oxygen atoms in total. The largest absolute Gasteiger partial charge is 0.507 e. The van der Waals surface area contributed by atoms with Crippen molar-refractivity contribution in [3.8, 4) is 17.2 Å². The number of para-hydroxylation sites is 1. The lowest BCUT2D eigenvalue weighted by atomic mass is 9.95. The highest BCUT2D eigenvalue weighted by Gasteiger charge is 2.47. The van der Waals surface area contributed by atoms with E-state index in [-0.39, 0.29) is 17.0 Å². The molecule has 0 aliphatic carbocycles.